The Kier molecular flexibility index (Phi) is 4.36. The second kappa shape index (κ2) is 6.24. The molecule has 2 aromatic rings. The van der Waals surface area contributed by atoms with Gasteiger partial charge in [-0.25, -0.2) is 0 Å². The molecule has 21 heavy (non-hydrogen) atoms. The van der Waals surface area contributed by atoms with Crippen molar-refractivity contribution in [1.29, 1.82) is 0 Å². The predicted molar refractivity (Wildman–Crippen MR) is 90.2 cm³/mol. The summed E-state index contributed by atoms with van der Waals surface area (Å²) in [4.78, 5) is 2.54. The van der Waals surface area contributed by atoms with E-state index in [1.165, 1.54) is 26.5 Å². The predicted octanol–water partition coefficient (Wildman–Crippen LogP) is 4.38. The Hall–Kier alpha value is -1.26. The van der Waals surface area contributed by atoms with E-state index >= 15 is 0 Å². The average molecular weight is 318 g/mol. The van der Waals surface area contributed by atoms with E-state index in [2.05, 4.69) is 36.9 Å². The Bertz CT molecular complexity index is 668. The molecule has 2 aromatic carbocycles. The van der Waals surface area contributed by atoms with Crippen LogP contribution in [0.4, 0.5) is 0 Å². The van der Waals surface area contributed by atoms with Gasteiger partial charge in [-0.15, -0.1) is 0 Å². The van der Waals surface area contributed by atoms with Crippen molar-refractivity contribution in [3.8, 4) is 11.5 Å². The minimum absolute atomic E-state index is 0.780. The summed E-state index contributed by atoms with van der Waals surface area (Å²) in [5.41, 5.74) is 3.93. The quantitative estimate of drug-likeness (QED) is 0.847. The van der Waals surface area contributed by atoms with E-state index in [0.717, 1.165) is 30.1 Å². The summed E-state index contributed by atoms with van der Waals surface area (Å²) < 4.78 is 10.9. The van der Waals surface area contributed by atoms with Crippen LogP contribution in [0, 0.1) is 0 Å². The molecule has 0 aliphatic carbocycles. The van der Waals surface area contributed by atoms with Crippen LogP contribution in [0.25, 0.3) is 0 Å². The monoisotopic (exact) mass is 318 g/mol. The van der Waals surface area contributed by atoms with Crippen molar-refractivity contribution in [3.05, 3.63) is 47.0 Å². The minimum atomic E-state index is 0.780. The van der Waals surface area contributed by atoms with E-state index in [1.807, 2.05) is 6.07 Å². The van der Waals surface area contributed by atoms with Crippen LogP contribution in [0.3, 0.4) is 0 Å². The summed E-state index contributed by atoms with van der Waals surface area (Å²) >= 11 is 6.16. The molecule has 0 amide bonds. The van der Waals surface area contributed by atoms with Crippen molar-refractivity contribution < 1.29 is 9.47 Å². The summed E-state index contributed by atoms with van der Waals surface area (Å²) in [6, 6.07) is 10.7. The number of methoxy groups -OCH3 is 2. The molecule has 0 N–H and O–H groups in total. The molecule has 0 unspecified atom stereocenters. The van der Waals surface area contributed by atoms with E-state index < -0.39 is 0 Å². The summed E-state index contributed by atoms with van der Waals surface area (Å²) in [5.74, 6) is 2.54. The molecule has 0 saturated carbocycles. The highest BCUT2D eigenvalue weighted by Gasteiger charge is 2.19. The molecule has 0 bridgehead atoms. The second-order valence-corrected chi connectivity index (χ2v) is 6.41. The van der Waals surface area contributed by atoms with Gasteiger partial charge in [-0.3, -0.25) is 0 Å². The molecule has 3 rings (SSSR count). The lowest BCUT2D eigenvalue weighted by atomic mass is 10.0. The molecular weight excluding hydrogens is 300 g/mol. The summed E-state index contributed by atoms with van der Waals surface area (Å²) in [5, 5.41) is 0. The van der Waals surface area contributed by atoms with Gasteiger partial charge in [0.2, 0.25) is 0 Å². The van der Waals surface area contributed by atoms with Crippen LogP contribution < -0.4 is 9.47 Å². The topological polar surface area (TPSA) is 18.5 Å². The van der Waals surface area contributed by atoms with Gasteiger partial charge < -0.3 is 9.47 Å². The smallest absolute Gasteiger partial charge is 0.126 e. The van der Waals surface area contributed by atoms with E-state index in [9.17, 15) is 0 Å². The summed E-state index contributed by atoms with van der Waals surface area (Å²) in [7, 11) is 3.41. The van der Waals surface area contributed by atoms with Crippen LogP contribution in [0.1, 0.15) is 16.7 Å². The van der Waals surface area contributed by atoms with Crippen molar-refractivity contribution in [2.45, 2.75) is 28.4 Å². The number of hydrogen-bond acceptors (Lipinski definition) is 4. The number of aryl methyl sites for hydroxylation is 1. The Balaban J connectivity index is 2.06. The van der Waals surface area contributed by atoms with E-state index in [1.54, 1.807) is 26.0 Å². The SMILES string of the molecule is COc1cc(OC)c2c(c1)Sc1ccc(CS)cc1CC2. The molecule has 2 nitrogen and oxygen atoms in total. The number of thiol groups is 1. The van der Waals surface area contributed by atoms with E-state index in [-0.39, 0.29) is 0 Å². The molecule has 1 aliphatic rings. The number of hydrogen-bond donors (Lipinski definition) is 1. The normalized spacial score (nSPS) is 13.1. The van der Waals surface area contributed by atoms with Gasteiger partial charge in [-0.05, 0) is 36.1 Å². The third-order valence-corrected chi connectivity index (χ3v) is 5.34. The fraction of sp³-hybridized carbons (Fsp3) is 0.294. The number of fused-ring (bicyclic) bond motifs is 2. The third kappa shape index (κ3) is 2.87. The first-order valence-corrected chi connectivity index (χ1v) is 8.35. The van der Waals surface area contributed by atoms with Crippen LogP contribution in [0.15, 0.2) is 40.1 Å². The number of rotatable bonds is 3. The highest BCUT2D eigenvalue weighted by Crippen LogP contribution is 2.43. The molecule has 0 saturated heterocycles. The third-order valence-electron chi connectivity index (χ3n) is 3.77. The maximum Gasteiger partial charge on any atom is 0.126 e. The molecule has 0 radical (unpaired) electrons. The average Bonchev–Trinajstić information content (AvgIpc) is 2.71. The van der Waals surface area contributed by atoms with Crippen LogP contribution in [-0.4, -0.2) is 14.2 Å². The molecule has 1 aliphatic heterocycles. The second-order valence-electron chi connectivity index (χ2n) is 5.01. The molecule has 4 heteroatoms. The van der Waals surface area contributed by atoms with Crippen molar-refractivity contribution in [2.24, 2.45) is 0 Å². The number of ether oxygens (including phenoxy) is 2. The Labute approximate surface area is 135 Å². The van der Waals surface area contributed by atoms with Gasteiger partial charge in [-0.2, -0.15) is 12.6 Å². The van der Waals surface area contributed by atoms with Crippen LogP contribution in [-0.2, 0) is 18.6 Å². The van der Waals surface area contributed by atoms with Crippen LogP contribution in [0.5, 0.6) is 11.5 Å². The fourth-order valence-electron chi connectivity index (χ4n) is 2.64. The Morgan fingerprint density at radius 2 is 1.90 bits per heavy atom. The lowest BCUT2D eigenvalue weighted by Crippen LogP contribution is -1.97. The standard InChI is InChI=1S/C17H18O2S2/c1-18-13-8-15(19-2)14-5-4-12-7-11(10-20)3-6-16(12)21-17(14)9-13/h3,6-9,20H,4-5,10H2,1-2H3. The Morgan fingerprint density at radius 3 is 2.62 bits per heavy atom. The largest absolute Gasteiger partial charge is 0.497 e. The maximum atomic E-state index is 5.55. The molecule has 0 fully saturated rings. The summed E-state index contributed by atoms with van der Waals surface area (Å²) in [6.45, 7) is 0. The van der Waals surface area contributed by atoms with Gasteiger partial charge in [0.15, 0.2) is 0 Å². The molecule has 0 spiro atoms. The summed E-state index contributed by atoms with van der Waals surface area (Å²) in [6.07, 6.45) is 2.01. The molecule has 0 atom stereocenters. The van der Waals surface area contributed by atoms with Gasteiger partial charge >= 0.3 is 0 Å². The first-order valence-electron chi connectivity index (χ1n) is 6.90. The first-order chi connectivity index (χ1) is 10.2. The first kappa shape index (κ1) is 14.7. The van der Waals surface area contributed by atoms with Gasteiger partial charge in [0.05, 0.1) is 14.2 Å². The zero-order valence-electron chi connectivity index (χ0n) is 12.2. The van der Waals surface area contributed by atoms with Crippen molar-refractivity contribution in [1.82, 2.24) is 0 Å². The van der Waals surface area contributed by atoms with E-state index in [0.29, 0.717) is 0 Å². The Morgan fingerprint density at radius 1 is 1.05 bits per heavy atom. The van der Waals surface area contributed by atoms with Crippen molar-refractivity contribution >= 4 is 24.4 Å². The minimum Gasteiger partial charge on any atom is -0.497 e. The van der Waals surface area contributed by atoms with Crippen molar-refractivity contribution in [2.75, 3.05) is 14.2 Å². The van der Waals surface area contributed by atoms with Crippen LogP contribution >= 0.6 is 24.4 Å². The lowest BCUT2D eigenvalue weighted by molar-refractivity contribution is 0.388. The zero-order chi connectivity index (χ0) is 14.8. The maximum absolute atomic E-state index is 5.55. The van der Waals surface area contributed by atoms with Gasteiger partial charge in [0.1, 0.15) is 11.5 Å². The van der Waals surface area contributed by atoms with Crippen LogP contribution in [0.2, 0.25) is 0 Å². The lowest BCUT2D eigenvalue weighted by Gasteiger charge is -2.13. The van der Waals surface area contributed by atoms with Gasteiger partial charge in [0.25, 0.3) is 0 Å². The molecule has 110 valence electrons. The van der Waals surface area contributed by atoms with Gasteiger partial charge in [0, 0.05) is 27.2 Å². The van der Waals surface area contributed by atoms with Gasteiger partial charge in [-0.1, -0.05) is 23.9 Å². The highest BCUT2D eigenvalue weighted by molar-refractivity contribution is 7.99. The molecule has 0 aromatic heterocycles. The molecule has 1 heterocycles. The fourth-order valence-corrected chi connectivity index (χ4v) is 4.00. The van der Waals surface area contributed by atoms with E-state index in [4.69, 9.17) is 9.47 Å². The zero-order valence-corrected chi connectivity index (χ0v) is 13.9. The van der Waals surface area contributed by atoms with Crippen molar-refractivity contribution in [3.63, 3.8) is 0 Å². The molecular formula is C17H18O2S2. The highest BCUT2D eigenvalue weighted by atomic mass is 32.2. The number of benzene rings is 2.